The molecule has 0 spiro atoms. The zero-order valence-electron chi connectivity index (χ0n) is 20.4. The second kappa shape index (κ2) is 10.6. The number of para-hydroxylation sites is 1. The topological polar surface area (TPSA) is 64.5 Å². The van der Waals surface area contributed by atoms with Crippen LogP contribution in [0.25, 0.3) is 0 Å². The molecule has 0 N–H and O–H groups in total. The Bertz CT molecular complexity index is 1140. The number of carbonyl (C=O) groups is 1. The van der Waals surface area contributed by atoms with Crippen LogP contribution in [0, 0.1) is 12.3 Å². The molecule has 35 heavy (non-hydrogen) atoms. The highest BCUT2D eigenvalue weighted by Crippen LogP contribution is 2.38. The largest absolute Gasteiger partial charge is 0.437 e. The lowest BCUT2D eigenvalue weighted by Gasteiger charge is -2.42. The number of aryl methyl sites for hydroxylation is 1. The van der Waals surface area contributed by atoms with Crippen molar-refractivity contribution in [3.63, 3.8) is 0 Å². The second-order valence-electron chi connectivity index (χ2n) is 9.80. The molecule has 0 unspecified atom stereocenters. The monoisotopic (exact) mass is 471 g/mol. The lowest BCUT2D eigenvalue weighted by Crippen LogP contribution is -2.51. The first kappa shape index (κ1) is 23.5. The molecule has 6 heteroatoms. The van der Waals surface area contributed by atoms with Crippen molar-refractivity contribution < 1.29 is 14.3 Å². The van der Waals surface area contributed by atoms with Crippen molar-refractivity contribution in [1.82, 2.24) is 14.9 Å². The molecular formula is C29H33N3O3. The number of hydrogen-bond donors (Lipinski definition) is 0. The fourth-order valence-corrected chi connectivity index (χ4v) is 5.35. The average Bonchev–Trinajstić information content (AvgIpc) is 2.91. The van der Waals surface area contributed by atoms with Crippen molar-refractivity contribution >= 4 is 5.91 Å². The Balaban J connectivity index is 1.32. The number of rotatable bonds is 6. The quantitative estimate of drug-likeness (QED) is 0.487. The summed E-state index contributed by atoms with van der Waals surface area (Å²) in [6.45, 7) is 4.75. The van der Waals surface area contributed by atoms with Gasteiger partial charge >= 0.3 is 0 Å². The fraction of sp³-hybridized carbons (Fsp3) is 0.414. The van der Waals surface area contributed by atoms with E-state index in [2.05, 4.69) is 34.1 Å². The average molecular weight is 472 g/mol. The summed E-state index contributed by atoms with van der Waals surface area (Å²) in [7, 11) is 0. The van der Waals surface area contributed by atoms with E-state index in [0.29, 0.717) is 25.6 Å². The minimum atomic E-state index is -0.400. The minimum Gasteiger partial charge on any atom is -0.437 e. The highest BCUT2D eigenvalue weighted by Gasteiger charge is 2.43. The molecule has 1 aromatic heterocycles. The molecule has 182 valence electrons. The summed E-state index contributed by atoms with van der Waals surface area (Å²) in [4.78, 5) is 25.3. The molecule has 0 radical (unpaired) electrons. The summed E-state index contributed by atoms with van der Waals surface area (Å²) in [5.74, 6) is 1.68. The van der Waals surface area contributed by atoms with E-state index in [9.17, 15) is 4.79 Å². The number of amides is 1. The predicted molar refractivity (Wildman–Crippen MR) is 134 cm³/mol. The standard InChI is InChI=1S/C29H33N3O3/c1-22-8-5-6-12-26(22)35-27-20-30-19-25(31-27)24-11-7-15-32(21-24)28(33)29(13-16-34-17-14-29)18-23-9-3-2-4-10-23/h2-6,8-10,12,19-20,24H,7,11,13-18,21H2,1H3/t24-/m0/s1. The smallest absolute Gasteiger partial charge is 0.238 e. The van der Waals surface area contributed by atoms with Gasteiger partial charge in [0.05, 0.1) is 17.3 Å². The van der Waals surface area contributed by atoms with Crippen LogP contribution in [-0.2, 0) is 16.0 Å². The van der Waals surface area contributed by atoms with E-state index in [4.69, 9.17) is 14.5 Å². The molecular weight excluding hydrogens is 438 g/mol. The molecule has 3 aromatic rings. The van der Waals surface area contributed by atoms with E-state index in [0.717, 1.165) is 55.7 Å². The summed E-state index contributed by atoms with van der Waals surface area (Å²) in [6.07, 6.45) is 7.70. The summed E-state index contributed by atoms with van der Waals surface area (Å²) < 4.78 is 11.7. The molecule has 0 aliphatic carbocycles. The van der Waals surface area contributed by atoms with Gasteiger partial charge in [-0.1, -0.05) is 48.5 Å². The molecule has 2 aliphatic heterocycles. The molecule has 2 aromatic carbocycles. The van der Waals surface area contributed by atoms with E-state index in [-0.39, 0.29) is 11.8 Å². The summed E-state index contributed by atoms with van der Waals surface area (Å²) in [5.41, 5.74) is 2.75. The summed E-state index contributed by atoms with van der Waals surface area (Å²) in [6, 6.07) is 18.3. The number of benzene rings is 2. The van der Waals surface area contributed by atoms with Crippen molar-refractivity contribution in [3.05, 3.63) is 83.8 Å². The van der Waals surface area contributed by atoms with Gasteiger partial charge in [-0.3, -0.25) is 9.78 Å². The van der Waals surface area contributed by atoms with Gasteiger partial charge in [-0.2, -0.15) is 0 Å². The molecule has 2 aliphatic rings. The van der Waals surface area contributed by atoms with E-state index < -0.39 is 5.41 Å². The van der Waals surface area contributed by atoms with E-state index in [1.807, 2.05) is 43.5 Å². The number of piperidine rings is 1. The second-order valence-corrected chi connectivity index (χ2v) is 9.80. The highest BCUT2D eigenvalue weighted by molar-refractivity contribution is 5.83. The van der Waals surface area contributed by atoms with Crippen molar-refractivity contribution in [2.45, 2.75) is 44.9 Å². The van der Waals surface area contributed by atoms with Crippen LogP contribution >= 0.6 is 0 Å². The first-order valence-corrected chi connectivity index (χ1v) is 12.6. The number of carbonyl (C=O) groups excluding carboxylic acids is 1. The van der Waals surface area contributed by atoms with Crippen molar-refractivity contribution in [2.24, 2.45) is 5.41 Å². The van der Waals surface area contributed by atoms with Gasteiger partial charge in [0.1, 0.15) is 5.75 Å². The minimum absolute atomic E-state index is 0.147. The Kier molecular flexibility index (Phi) is 7.09. The molecule has 0 saturated carbocycles. The van der Waals surface area contributed by atoms with Gasteiger partial charge in [-0.15, -0.1) is 0 Å². The zero-order valence-corrected chi connectivity index (χ0v) is 20.4. The number of ether oxygens (including phenoxy) is 2. The third kappa shape index (κ3) is 5.38. The van der Waals surface area contributed by atoms with Crippen LogP contribution in [0.1, 0.15) is 48.4 Å². The maximum absolute atomic E-state index is 14.0. The molecule has 0 bridgehead atoms. The van der Waals surface area contributed by atoms with Crippen molar-refractivity contribution in [2.75, 3.05) is 26.3 Å². The van der Waals surface area contributed by atoms with Crippen LogP contribution in [0.2, 0.25) is 0 Å². The van der Waals surface area contributed by atoms with Crippen LogP contribution in [0.5, 0.6) is 11.6 Å². The Labute approximate surface area is 207 Å². The molecule has 3 heterocycles. The van der Waals surface area contributed by atoms with Gasteiger partial charge in [0.25, 0.3) is 0 Å². The van der Waals surface area contributed by atoms with Gasteiger partial charge in [0.2, 0.25) is 11.8 Å². The van der Waals surface area contributed by atoms with Crippen molar-refractivity contribution in [1.29, 1.82) is 0 Å². The fourth-order valence-electron chi connectivity index (χ4n) is 5.35. The first-order valence-electron chi connectivity index (χ1n) is 12.6. The van der Waals surface area contributed by atoms with Crippen LogP contribution < -0.4 is 4.74 Å². The van der Waals surface area contributed by atoms with E-state index in [1.165, 1.54) is 5.56 Å². The molecule has 1 atom stereocenters. The molecule has 1 amide bonds. The maximum Gasteiger partial charge on any atom is 0.238 e. The predicted octanol–water partition coefficient (Wildman–Crippen LogP) is 5.32. The summed E-state index contributed by atoms with van der Waals surface area (Å²) >= 11 is 0. The number of aromatic nitrogens is 2. The number of hydrogen-bond acceptors (Lipinski definition) is 5. The Morgan fingerprint density at radius 3 is 2.66 bits per heavy atom. The van der Waals surface area contributed by atoms with Gasteiger partial charge in [0.15, 0.2) is 0 Å². The van der Waals surface area contributed by atoms with Gasteiger partial charge in [-0.25, -0.2) is 4.98 Å². The van der Waals surface area contributed by atoms with Crippen LogP contribution in [0.15, 0.2) is 67.0 Å². The van der Waals surface area contributed by atoms with Gasteiger partial charge in [0, 0.05) is 38.4 Å². The van der Waals surface area contributed by atoms with Crippen molar-refractivity contribution in [3.8, 4) is 11.6 Å². The molecule has 2 fully saturated rings. The first-order chi connectivity index (χ1) is 17.1. The lowest BCUT2D eigenvalue weighted by atomic mass is 9.73. The molecule has 5 rings (SSSR count). The third-order valence-electron chi connectivity index (χ3n) is 7.35. The highest BCUT2D eigenvalue weighted by atomic mass is 16.5. The van der Waals surface area contributed by atoms with Crippen LogP contribution in [-0.4, -0.2) is 47.1 Å². The number of nitrogens with zero attached hydrogens (tertiary/aromatic N) is 3. The Morgan fingerprint density at radius 2 is 1.86 bits per heavy atom. The van der Waals surface area contributed by atoms with Crippen LogP contribution in [0.4, 0.5) is 0 Å². The lowest BCUT2D eigenvalue weighted by molar-refractivity contribution is -0.149. The van der Waals surface area contributed by atoms with Gasteiger partial charge < -0.3 is 14.4 Å². The Morgan fingerprint density at radius 1 is 1.09 bits per heavy atom. The van der Waals surface area contributed by atoms with Crippen LogP contribution in [0.3, 0.4) is 0 Å². The molecule has 6 nitrogen and oxygen atoms in total. The molecule has 2 saturated heterocycles. The van der Waals surface area contributed by atoms with E-state index in [1.54, 1.807) is 6.20 Å². The van der Waals surface area contributed by atoms with Gasteiger partial charge in [-0.05, 0) is 56.2 Å². The zero-order chi connectivity index (χ0) is 24.1. The maximum atomic E-state index is 14.0. The number of likely N-dealkylation sites (tertiary alicyclic amines) is 1. The van der Waals surface area contributed by atoms with E-state index >= 15 is 0 Å². The Hall–Kier alpha value is -3.25. The third-order valence-corrected chi connectivity index (χ3v) is 7.35. The SMILES string of the molecule is Cc1ccccc1Oc1cncc([C@H]2CCCN(C(=O)C3(Cc4ccccc4)CCOCC3)C2)n1. The normalized spacial score (nSPS) is 19.8. The summed E-state index contributed by atoms with van der Waals surface area (Å²) in [5, 5.41) is 0.